The molecular weight excluding hydrogens is 254 g/mol. The molecule has 1 aromatic heterocycles. The topological polar surface area (TPSA) is 62.3 Å². The van der Waals surface area contributed by atoms with Crippen LogP contribution < -0.4 is 4.74 Å². The lowest BCUT2D eigenvalue weighted by Crippen LogP contribution is -1.97. The molecule has 0 unspecified atom stereocenters. The normalized spacial score (nSPS) is 10.6. The first-order valence-corrected chi connectivity index (χ1v) is 6.26. The van der Waals surface area contributed by atoms with E-state index in [1.165, 1.54) is 0 Å². The van der Waals surface area contributed by atoms with E-state index in [1.807, 2.05) is 36.4 Å². The summed E-state index contributed by atoms with van der Waals surface area (Å²) in [5.41, 5.74) is 1.84. The van der Waals surface area contributed by atoms with Crippen LogP contribution in [0.5, 0.6) is 5.75 Å². The molecule has 4 nitrogen and oxygen atoms in total. The van der Waals surface area contributed by atoms with E-state index in [-0.39, 0.29) is 5.56 Å². The Bertz CT molecular complexity index is 747. The highest BCUT2D eigenvalue weighted by atomic mass is 16.5. The van der Waals surface area contributed by atoms with Crippen molar-refractivity contribution in [1.82, 2.24) is 4.98 Å². The molecule has 3 rings (SSSR count). The Hall–Kier alpha value is -2.75. The molecule has 4 heteroatoms. The van der Waals surface area contributed by atoms with Gasteiger partial charge in [-0.15, -0.1) is 0 Å². The van der Waals surface area contributed by atoms with Crippen molar-refractivity contribution in [3.8, 4) is 5.75 Å². The minimum atomic E-state index is -0.937. The number of fused-ring (bicyclic) bond motifs is 1. The van der Waals surface area contributed by atoms with Crippen molar-refractivity contribution < 1.29 is 14.6 Å². The smallest absolute Gasteiger partial charge is 0.337 e. The van der Waals surface area contributed by atoms with Gasteiger partial charge < -0.3 is 14.8 Å². The lowest BCUT2D eigenvalue weighted by Gasteiger charge is -2.05. The van der Waals surface area contributed by atoms with Crippen LogP contribution in [0.4, 0.5) is 0 Å². The summed E-state index contributed by atoms with van der Waals surface area (Å²) in [5, 5.41) is 10.0. The molecule has 20 heavy (non-hydrogen) atoms. The van der Waals surface area contributed by atoms with Crippen LogP contribution >= 0.6 is 0 Å². The molecule has 0 saturated carbocycles. The average molecular weight is 267 g/mol. The van der Waals surface area contributed by atoms with Gasteiger partial charge in [0, 0.05) is 17.1 Å². The highest BCUT2D eigenvalue weighted by Crippen LogP contribution is 2.23. The zero-order valence-corrected chi connectivity index (χ0v) is 10.7. The van der Waals surface area contributed by atoms with Gasteiger partial charge in [0.15, 0.2) is 0 Å². The van der Waals surface area contributed by atoms with Crippen molar-refractivity contribution in [3.05, 3.63) is 65.9 Å². The summed E-state index contributed by atoms with van der Waals surface area (Å²) in [5.74, 6) is -0.149. The summed E-state index contributed by atoms with van der Waals surface area (Å²) in [6.45, 7) is 0.396. The fourth-order valence-corrected chi connectivity index (χ4v) is 2.19. The third-order valence-corrected chi connectivity index (χ3v) is 3.17. The Morgan fingerprint density at radius 1 is 1.10 bits per heavy atom. The van der Waals surface area contributed by atoms with E-state index in [1.54, 1.807) is 18.3 Å². The molecule has 0 saturated heterocycles. The second kappa shape index (κ2) is 5.09. The monoisotopic (exact) mass is 267 g/mol. The Morgan fingerprint density at radius 2 is 1.90 bits per heavy atom. The van der Waals surface area contributed by atoms with E-state index in [0.29, 0.717) is 12.1 Å². The molecule has 0 radical (unpaired) electrons. The van der Waals surface area contributed by atoms with Gasteiger partial charge in [0.1, 0.15) is 12.4 Å². The molecule has 0 fully saturated rings. The molecule has 0 spiro atoms. The average Bonchev–Trinajstić information content (AvgIpc) is 2.89. The van der Waals surface area contributed by atoms with Crippen LogP contribution in [0.15, 0.2) is 54.7 Å². The van der Waals surface area contributed by atoms with Gasteiger partial charge in [-0.05, 0) is 18.2 Å². The van der Waals surface area contributed by atoms with Crippen LogP contribution in [0.25, 0.3) is 10.9 Å². The summed E-state index contributed by atoms with van der Waals surface area (Å²) in [4.78, 5) is 14.2. The third kappa shape index (κ3) is 2.23. The number of nitrogens with one attached hydrogen (secondary N) is 1. The fourth-order valence-electron chi connectivity index (χ4n) is 2.19. The molecule has 0 atom stereocenters. The van der Waals surface area contributed by atoms with Gasteiger partial charge in [-0.2, -0.15) is 0 Å². The van der Waals surface area contributed by atoms with Crippen molar-refractivity contribution in [2.45, 2.75) is 6.61 Å². The Morgan fingerprint density at radius 3 is 2.65 bits per heavy atom. The van der Waals surface area contributed by atoms with Gasteiger partial charge in [0.25, 0.3) is 0 Å². The van der Waals surface area contributed by atoms with E-state index >= 15 is 0 Å². The zero-order valence-electron chi connectivity index (χ0n) is 10.7. The highest BCUT2D eigenvalue weighted by molar-refractivity contribution is 6.02. The molecule has 1 heterocycles. The van der Waals surface area contributed by atoms with Crippen molar-refractivity contribution in [2.75, 3.05) is 0 Å². The largest absolute Gasteiger partial charge is 0.489 e. The number of aromatic amines is 1. The van der Waals surface area contributed by atoms with Crippen LogP contribution in [0.3, 0.4) is 0 Å². The maximum Gasteiger partial charge on any atom is 0.337 e. The van der Waals surface area contributed by atoms with Crippen LogP contribution in [0, 0.1) is 0 Å². The number of hydrogen-bond acceptors (Lipinski definition) is 2. The van der Waals surface area contributed by atoms with Gasteiger partial charge >= 0.3 is 5.97 Å². The van der Waals surface area contributed by atoms with Crippen LogP contribution in [-0.4, -0.2) is 16.1 Å². The first kappa shape index (κ1) is 12.3. The van der Waals surface area contributed by atoms with Crippen molar-refractivity contribution in [1.29, 1.82) is 0 Å². The van der Waals surface area contributed by atoms with Crippen molar-refractivity contribution >= 4 is 16.9 Å². The molecule has 0 amide bonds. The number of aromatic carboxylic acids is 1. The predicted octanol–water partition coefficient (Wildman–Crippen LogP) is 3.45. The third-order valence-electron chi connectivity index (χ3n) is 3.17. The van der Waals surface area contributed by atoms with Gasteiger partial charge in [-0.1, -0.05) is 30.3 Å². The number of hydrogen-bond donors (Lipinski definition) is 2. The lowest BCUT2D eigenvalue weighted by atomic mass is 10.1. The predicted molar refractivity (Wildman–Crippen MR) is 76.0 cm³/mol. The highest BCUT2D eigenvalue weighted by Gasteiger charge is 2.12. The number of carboxylic acids is 1. The number of carbonyl (C=O) groups is 1. The Balaban J connectivity index is 1.90. The van der Waals surface area contributed by atoms with Crippen LogP contribution in [0.2, 0.25) is 0 Å². The summed E-state index contributed by atoms with van der Waals surface area (Å²) in [6, 6.07) is 14.7. The van der Waals surface area contributed by atoms with Gasteiger partial charge in [0.2, 0.25) is 0 Å². The van der Waals surface area contributed by atoms with Crippen LogP contribution in [-0.2, 0) is 6.61 Å². The van der Waals surface area contributed by atoms with E-state index in [4.69, 9.17) is 9.84 Å². The first-order chi connectivity index (χ1) is 9.75. The second-order valence-electron chi connectivity index (χ2n) is 4.45. The minimum Gasteiger partial charge on any atom is -0.489 e. The van der Waals surface area contributed by atoms with E-state index in [9.17, 15) is 4.79 Å². The number of aromatic nitrogens is 1. The first-order valence-electron chi connectivity index (χ1n) is 6.26. The number of benzene rings is 2. The quantitative estimate of drug-likeness (QED) is 0.761. The molecule has 2 N–H and O–H groups in total. The zero-order chi connectivity index (χ0) is 13.9. The number of carboxylic acid groups (broad SMARTS) is 1. The van der Waals surface area contributed by atoms with Gasteiger partial charge in [0.05, 0.1) is 11.1 Å². The molecule has 100 valence electrons. The molecule has 0 aliphatic heterocycles. The summed E-state index contributed by atoms with van der Waals surface area (Å²) >= 11 is 0. The SMILES string of the molecule is O=C(O)c1cccc2c(COc3ccccc3)c[nH]c12. The standard InChI is InChI=1S/C16H13NO3/c18-16(19)14-8-4-7-13-11(9-17-15(13)14)10-20-12-5-2-1-3-6-12/h1-9,17H,10H2,(H,18,19). The summed E-state index contributed by atoms with van der Waals surface area (Å²) in [6.07, 6.45) is 1.79. The van der Waals surface area contributed by atoms with Crippen LogP contribution in [0.1, 0.15) is 15.9 Å². The van der Waals surface area contributed by atoms with E-state index in [0.717, 1.165) is 16.7 Å². The summed E-state index contributed by atoms with van der Waals surface area (Å²) in [7, 11) is 0. The Kier molecular flexibility index (Phi) is 3.13. The number of rotatable bonds is 4. The Labute approximate surface area is 115 Å². The van der Waals surface area contributed by atoms with Crippen molar-refractivity contribution in [2.24, 2.45) is 0 Å². The summed E-state index contributed by atoms with van der Waals surface area (Å²) < 4.78 is 5.69. The maximum absolute atomic E-state index is 11.2. The molecular formula is C16H13NO3. The van der Waals surface area contributed by atoms with Gasteiger partial charge in [-0.3, -0.25) is 0 Å². The maximum atomic E-state index is 11.2. The minimum absolute atomic E-state index is 0.272. The van der Waals surface area contributed by atoms with Crippen molar-refractivity contribution in [3.63, 3.8) is 0 Å². The van der Waals surface area contributed by atoms with E-state index < -0.39 is 5.97 Å². The molecule has 0 aliphatic carbocycles. The molecule has 2 aromatic carbocycles. The molecule has 3 aromatic rings. The lowest BCUT2D eigenvalue weighted by molar-refractivity contribution is 0.0699. The molecule has 0 bridgehead atoms. The number of H-pyrrole nitrogens is 1. The fraction of sp³-hybridized carbons (Fsp3) is 0.0625. The van der Waals surface area contributed by atoms with Gasteiger partial charge in [-0.25, -0.2) is 4.79 Å². The number of para-hydroxylation sites is 2. The molecule has 0 aliphatic rings. The second-order valence-corrected chi connectivity index (χ2v) is 4.45. The van der Waals surface area contributed by atoms with E-state index in [2.05, 4.69) is 4.98 Å². The number of ether oxygens (including phenoxy) is 1.